The van der Waals surface area contributed by atoms with Gasteiger partial charge in [0.05, 0.1) is 12.3 Å². The standard InChI is InChI=1S/C13H19NO3/c1-3-17-13(16)9-10(2)8-12(15)11-6-4-5-7-14-11/h5,7,10H,3-4,6,8-9H2,1-2H3/t10-/m0/s1. The Balaban J connectivity index is 2.37. The third kappa shape index (κ3) is 4.93. The Morgan fingerprint density at radius 2 is 2.24 bits per heavy atom. The van der Waals surface area contributed by atoms with E-state index in [0.717, 1.165) is 6.42 Å². The zero-order valence-corrected chi connectivity index (χ0v) is 10.4. The molecule has 94 valence electrons. The van der Waals surface area contributed by atoms with Gasteiger partial charge < -0.3 is 4.74 Å². The molecule has 0 fully saturated rings. The van der Waals surface area contributed by atoms with Crippen LogP contribution in [0.1, 0.15) is 39.5 Å². The van der Waals surface area contributed by atoms with Gasteiger partial charge in [0.1, 0.15) is 0 Å². The molecule has 0 radical (unpaired) electrons. The van der Waals surface area contributed by atoms with E-state index < -0.39 is 0 Å². The summed E-state index contributed by atoms with van der Waals surface area (Å²) in [5, 5.41) is 0. The maximum absolute atomic E-state index is 11.8. The normalized spacial score (nSPS) is 16.2. The van der Waals surface area contributed by atoms with Gasteiger partial charge in [0, 0.05) is 19.0 Å². The van der Waals surface area contributed by atoms with E-state index in [1.54, 1.807) is 13.1 Å². The van der Waals surface area contributed by atoms with Crippen molar-refractivity contribution in [1.29, 1.82) is 0 Å². The van der Waals surface area contributed by atoms with Gasteiger partial charge in [0.2, 0.25) is 0 Å². The monoisotopic (exact) mass is 237 g/mol. The van der Waals surface area contributed by atoms with Crippen molar-refractivity contribution in [3.05, 3.63) is 12.3 Å². The predicted octanol–water partition coefficient (Wildman–Crippen LogP) is 2.28. The molecule has 0 saturated carbocycles. The van der Waals surface area contributed by atoms with Crippen molar-refractivity contribution in [3.63, 3.8) is 0 Å². The van der Waals surface area contributed by atoms with Gasteiger partial charge in [-0.15, -0.1) is 0 Å². The summed E-state index contributed by atoms with van der Waals surface area (Å²) >= 11 is 0. The number of esters is 1. The van der Waals surface area contributed by atoms with E-state index in [2.05, 4.69) is 4.99 Å². The molecular weight excluding hydrogens is 218 g/mol. The van der Waals surface area contributed by atoms with Crippen LogP contribution < -0.4 is 0 Å². The number of rotatable bonds is 6. The minimum Gasteiger partial charge on any atom is -0.466 e. The van der Waals surface area contributed by atoms with Crippen LogP contribution in [0.15, 0.2) is 17.3 Å². The van der Waals surface area contributed by atoms with Crippen LogP contribution in [0.25, 0.3) is 0 Å². The van der Waals surface area contributed by atoms with Crippen molar-refractivity contribution in [2.45, 2.75) is 39.5 Å². The Labute approximate surface area is 102 Å². The van der Waals surface area contributed by atoms with Crippen LogP contribution in [-0.4, -0.2) is 24.1 Å². The largest absolute Gasteiger partial charge is 0.466 e. The molecule has 0 saturated heterocycles. The Kier molecular flexibility index (Phi) is 5.60. The lowest BCUT2D eigenvalue weighted by molar-refractivity contribution is -0.144. The van der Waals surface area contributed by atoms with E-state index in [9.17, 15) is 9.59 Å². The highest BCUT2D eigenvalue weighted by Gasteiger charge is 2.18. The Morgan fingerprint density at radius 3 is 2.82 bits per heavy atom. The van der Waals surface area contributed by atoms with Crippen LogP contribution in [0.4, 0.5) is 0 Å². The van der Waals surface area contributed by atoms with Crippen molar-refractivity contribution in [1.82, 2.24) is 0 Å². The van der Waals surface area contributed by atoms with Crippen molar-refractivity contribution in [2.75, 3.05) is 6.61 Å². The molecule has 0 unspecified atom stereocenters. The zero-order chi connectivity index (χ0) is 12.7. The fourth-order valence-electron chi connectivity index (χ4n) is 1.72. The highest BCUT2D eigenvalue weighted by Crippen LogP contribution is 2.13. The summed E-state index contributed by atoms with van der Waals surface area (Å²) in [5.41, 5.74) is 0.628. The quantitative estimate of drug-likeness (QED) is 0.666. The van der Waals surface area contributed by atoms with E-state index in [-0.39, 0.29) is 17.7 Å². The van der Waals surface area contributed by atoms with Gasteiger partial charge in [0.15, 0.2) is 5.78 Å². The number of Topliss-reactive ketones (excluding diaryl/α,β-unsaturated/α-hetero) is 1. The molecule has 0 N–H and O–H groups in total. The fourth-order valence-corrected chi connectivity index (χ4v) is 1.72. The summed E-state index contributed by atoms with van der Waals surface area (Å²) in [6.45, 7) is 4.04. The first-order chi connectivity index (χ1) is 8.13. The van der Waals surface area contributed by atoms with Crippen molar-refractivity contribution < 1.29 is 14.3 Å². The average Bonchev–Trinajstić information content (AvgIpc) is 2.30. The molecule has 0 aromatic carbocycles. The maximum atomic E-state index is 11.8. The molecule has 0 aromatic heterocycles. The van der Waals surface area contributed by atoms with Gasteiger partial charge in [-0.25, -0.2) is 0 Å². The van der Waals surface area contributed by atoms with Crippen molar-refractivity contribution in [2.24, 2.45) is 10.9 Å². The van der Waals surface area contributed by atoms with E-state index in [1.165, 1.54) is 0 Å². The molecular formula is C13H19NO3. The second-order valence-electron chi connectivity index (χ2n) is 4.24. The Hall–Kier alpha value is -1.45. The molecule has 1 atom stereocenters. The van der Waals surface area contributed by atoms with Crippen LogP contribution in [0.3, 0.4) is 0 Å². The third-order valence-electron chi connectivity index (χ3n) is 2.56. The minimum atomic E-state index is -0.238. The van der Waals surface area contributed by atoms with Crippen molar-refractivity contribution >= 4 is 17.5 Å². The topological polar surface area (TPSA) is 55.7 Å². The molecule has 17 heavy (non-hydrogen) atoms. The SMILES string of the molecule is CCOC(=O)C[C@@H](C)CC(=O)C1=NC=CCC1. The third-order valence-corrected chi connectivity index (χ3v) is 2.56. The van der Waals surface area contributed by atoms with Gasteiger partial charge >= 0.3 is 5.97 Å². The van der Waals surface area contributed by atoms with Gasteiger partial charge in [-0.05, 0) is 25.7 Å². The van der Waals surface area contributed by atoms with Crippen LogP contribution in [0.2, 0.25) is 0 Å². The molecule has 0 spiro atoms. The first-order valence-electron chi connectivity index (χ1n) is 6.04. The smallest absolute Gasteiger partial charge is 0.306 e. The molecule has 1 rings (SSSR count). The highest BCUT2D eigenvalue weighted by atomic mass is 16.5. The lowest BCUT2D eigenvalue weighted by Crippen LogP contribution is -2.19. The summed E-state index contributed by atoms with van der Waals surface area (Å²) in [6, 6.07) is 0. The summed E-state index contributed by atoms with van der Waals surface area (Å²) in [6.07, 6.45) is 5.86. The molecule has 1 aliphatic heterocycles. The van der Waals surface area contributed by atoms with Crippen molar-refractivity contribution in [3.8, 4) is 0 Å². The lowest BCUT2D eigenvalue weighted by Gasteiger charge is -2.11. The number of ether oxygens (including phenoxy) is 1. The predicted molar refractivity (Wildman–Crippen MR) is 65.8 cm³/mol. The van der Waals surface area contributed by atoms with Crippen LogP contribution in [0.5, 0.6) is 0 Å². The van der Waals surface area contributed by atoms with Crippen LogP contribution in [0, 0.1) is 5.92 Å². The van der Waals surface area contributed by atoms with Gasteiger partial charge in [0.25, 0.3) is 0 Å². The molecule has 0 aromatic rings. The molecule has 0 aliphatic carbocycles. The molecule has 1 heterocycles. The number of hydrogen-bond donors (Lipinski definition) is 0. The number of ketones is 1. The Bertz CT molecular complexity index is 345. The molecule has 4 nitrogen and oxygen atoms in total. The first kappa shape index (κ1) is 13.6. The van der Waals surface area contributed by atoms with Gasteiger partial charge in [-0.3, -0.25) is 14.6 Å². The fraction of sp³-hybridized carbons (Fsp3) is 0.615. The van der Waals surface area contributed by atoms with Crippen LogP contribution in [-0.2, 0) is 14.3 Å². The van der Waals surface area contributed by atoms with E-state index >= 15 is 0 Å². The number of carbonyl (C=O) groups excluding carboxylic acids is 2. The molecule has 0 bridgehead atoms. The summed E-state index contributed by atoms with van der Waals surface area (Å²) in [5.74, 6) is -0.181. The molecule has 0 amide bonds. The summed E-state index contributed by atoms with van der Waals surface area (Å²) < 4.78 is 4.85. The zero-order valence-electron chi connectivity index (χ0n) is 10.4. The minimum absolute atomic E-state index is 0.00940. The van der Waals surface area contributed by atoms with Gasteiger partial charge in [-0.1, -0.05) is 13.0 Å². The van der Waals surface area contributed by atoms with E-state index in [4.69, 9.17) is 4.74 Å². The van der Waals surface area contributed by atoms with E-state index in [1.807, 2.05) is 13.0 Å². The number of nitrogens with zero attached hydrogens (tertiary/aromatic N) is 1. The highest BCUT2D eigenvalue weighted by molar-refractivity contribution is 6.40. The number of allylic oxidation sites excluding steroid dienone is 1. The first-order valence-corrected chi connectivity index (χ1v) is 6.04. The average molecular weight is 237 g/mol. The number of hydrogen-bond acceptors (Lipinski definition) is 4. The molecule has 1 aliphatic rings. The van der Waals surface area contributed by atoms with E-state index in [0.29, 0.717) is 31.6 Å². The molecule has 4 heteroatoms. The second kappa shape index (κ2) is 6.99. The second-order valence-corrected chi connectivity index (χ2v) is 4.24. The maximum Gasteiger partial charge on any atom is 0.306 e. The van der Waals surface area contributed by atoms with Gasteiger partial charge in [-0.2, -0.15) is 0 Å². The van der Waals surface area contributed by atoms with Crippen LogP contribution >= 0.6 is 0 Å². The Morgan fingerprint density at radius 1 is 1.47 bits per heavy atom. The number of carbonyl (C=O) groups is 2. The summed E-state index contributed by atoms with van der Waals surface area (Å²) in [4.78, 5) is 27.1. The lowest BCUT2D eigenvalue weighted by atomic mass is 9.96. The summed E-state index contributed by atoms with van der Waals surface area (Å²) in [7, 11) is 0. The number of aliphatic imine (C=N–C) groups is 1.